The monoisotopic (exact) mass is 226 g/mol. The van der Waals surface area contributed by atoms with Gasteiger partial charge in [0.15, 0.2) is 0 Å². The summed E-state index contributed by atoms with van der Waals surface area (Å²) in [5.41, 5.74) is 0. The zero-order valence-corrected chi connectivity index (χ0v) is 10.2. The van der Waals surface area contributed by atoms with E-state index in [0.29, 0.717) is 11.9 Å². The topological polar surface area (TPSA) is 27.7 Å². The molecule has 0 amide bonds. The molecule has 5 heteroatoms. The van der Waals surface area contributed by atoms with E-state index < -0.39 is 0 Å². The molecule has 0 heterocycles. The summed E-state index contributed by atoms with van der Waals surface area (Å²) in [6.07, 6.45) is 0.487. The second-order valence-corrected chi connectivity index (χ2v) is 4.29. The normalized spacial score (nSPS) is 11.5. The Labute approximate surface area is 89.3 Å². The van der Waals surface area contributed by atoms with Gasteiger partial charge in [-0.2, -0.15) is 0 Å². The molecule has 3 nitrogen and oxygen atoms in total. The summed E-state index contributed by atoms with van der Waals surface area (Å²) >= 11 is 2.66. The van der Waals surface area contributed by atoms with E-state index in [1.54, 1.807) is 0 Å². The average molecular weight is 226 g/mol. The predicted molar refractivity (Wildman–Crippen MR) is 58.4 cm³/mol. The number of hydrogen-bond acceptors (Lipinski definition) is 5. The van der Waals surface area contributed by atoms with Crippen molar-refractivity contribution in [3.63, 3.8) is 0 Å². The summed E-state index contributed by atoms with van der Waals surface area (Å²) < 4.78 is 15.6. The minimum absolute atomic E-state index is 0.244. The van der Waals surface area contributed by atoms with E-state index in [4.69, 9.17) is 13.1 Å². The minimum Gasteiger partial charge on any atom is -0.356 e. The maximum atomic E-state index is 5.21. The van der Waals surface area contributed by atoms with Gasteiger partial charge in [-0.25, -0.2) is 0 Å². The molecule has 0 radical (unpaired) electrons. The van der Waals surface area contributed by atoms with E-state index >= 15 is 0 Å². The Morgan fingerprint density at radius 1 is 0.846 bits per heavy atom. The first-order chi connectivity index (χ1) is 6.13. The molecule has 80 valence electrons. The van der Waals surface area contributed by atoms with Crippen LogP contribution in [0.3, 0.4) is 0 Å². The fraction of sp³-hybridized carbons (Fsp3) is 1.00. The van der Waals surface area contributed by atoms with E-state index in [9.17, 15) is 0 Å². The molecule has 0 atom stereocenters. The third-order valence-electron chi connectivity index (χ3n) is 0.784. The average Bonchev–Trinajstić information content (AvgIpc) is 2.01. The quantitative estimate of drug-likeness (QED) is 0.360. The van der Waals surface area contributed by atoms with Crippen molar-refractivity contribution >= 4 is 24.1 Å². The molecule has 0 aliphatic heterocycles. The van der Waals surface area contributed by atoms with Gasteiger partial charge in [-0.3, -0.25) is 0 Å². The fourth-order valence-corrected chi connectivity index (χ4v) is 1.49. The third-order valence-corrected chi connectivity index (χ3v) is 2.35. The van der Waals surface area contributed by atoms with Crippen LogP contribution in [-0.2, 0) is 13.1 Å². The van der Waals surface area contributed by atoms with E-state index in [0.717, 1.165) is 0 Å². The van der Waals surface area contributed by atoms with Crippen LogP contribution < -0.4 is 0 Å². The maximum Gasteiger partial charge on any atom is 0.119 e. The SMILES string of the molecule is CC(C)OSCOCSOC(C)C. The Bertz CT molecular complexity index is 97.6. The first-order valence-electron chi connectivity index (χ1n) is 4.27. The lowest BCUT2D eigenvalue weighted by Gasteiger charge is -2.07. The van der Waals surface area contributed by atoms with Gasteiger partial charge in [-0.05, 0) is 27.7 Å². The second-order valence-electron chi connectivity index (χ2n) is 2.97. The van der Waals surface area contributed by atoms with Gasteiger partial charge >= 0.3 is 0 Å². The first-order valence-corrected chi connectivity index (χ1v) is 6.09. The molecule has 0 rings (SSSR count). The minimum atomic E-state index is 0.244. The Balaban J connectivity index is 2.92. The molecular weight excluding hydrogens is 208 g/mol. The molecule has 0 aliphatic carbocycles. The van der Waals surface area contributed by atoms with Crippen LogP contribution in [0, 0.1) is 0 Å². The Morgan fingerprint density at radius 2 is 1.23 bits per heavy atom. The molecule has 0 N–H and O–H groups in total. The Hall–Kier alpha value is 0.580. The van der Waals surface area contributed by atoms with Crippen molar-refractivity contribution in [2.45, 2.75) is 39.9 Å². The Kier molecular flexibility index (Phi) is 9.56. The van der Waals surface area contributed by atoms with Crippen molar-refractivity contribution in [1.29, 1.82) is 0 Å². The van der Waals surface area contributed by atoms with Crippen LogP contribution in [0.15, 0.2) is 0 Å². The van der Waals surface area contributed by atoms with Crippen LogP contribution in [0.25, 0.3) is 0 Å². The highest BCUT2D eigenvalue weighted by atomic mass is 32.2. The van der Waals surface area contributed by atoms with Crippen LogP contribution in [0.2, 0.25) is 0 Å². The van der Waals surface area contributed by atoms with Gasteiger partial charge in [0.2, 0.25) is 0 Å². The lowest BCUT2D eigenvalue weighted by atomic mass is 10.5. The van der Waals surface area contributed by atoms with Crippen molar-refractivity contribution in [1.82, 2.24) is 0 Å². The van der Waals surface area contributed by atoms with E-state index in [1.165, 1.54) is 24.1 Å². The third kappa shape index (κ3) is 12.6. The molecule has 0 fully saturated rings. The van der Waals surface area contributed by atoms with Gasteiger partial charge in [0.25, 0.3) is 0 Å². The van der Waals surface area contributed by atoms with Gasteiger partial charge in [0.1, 0.15) is 11.9 Å². The highest BCUT2D eigenvalue weighted by Crippen LogP contribution is 2.11. The molecule has 0 saturated carbocycles. The number of rotatable bonds is 8. The summed E-state index contributed by atoms with van der Waals surface area (Å²) in [5.74, 6) is 1.10. The zero-order chi connectivity index (χ0) is 10.1. The van der Waals surface area contributed by atoms with E-state index in [1.807, 2.05) is 27.7 Å². The predicted octanol–water partition coefficient (Wildman–Crippen LogP) is 3.06. The van der Waals surface area contributed by atoms with Gasteiger partial charge in [0, 0.05) is 24.1 Å². The van der Waals surface area contributed by atoms with Crippen molar-refractivity contribution in [2.24, 2.45) is 0 Å². The highest BCUT2D eigenvalue weighted by Gasteiger charge is 1.96. The summed E-state index contributed by atoms with van der Waals surface area (Å²) in [4.78, 5) is 0. The molecule has 0 unspecified atom stereocenters. The summed E-state index contributed by atoms with van der Waals surface area (Å²) in [6, 6.07) is 0. The first kappa shape index (κ1) is 13.6. The van der Waals surface area contributed by atoms with E-state index in [2.05, 4.69) is 0 Å². The van der Waals surface area contributed by atoms with Crippen molar-refractivity contribution in [3.05, 3.63) is 0 Å². The number of ether oxygens (including phenoxy) is 1. The van der Waals surface area contributed by atoms with Gasteiger partial charge in [0.05, 0.1) is 12.2 Å². The molecule has 13 heavy (non-hydrogen) atoms. The summed E-state index contributed by atoms with van der Waals surface area (Å²) in [7, 11) is 0. The zero-order valence-electron chi connectivity index (χ0n) is 8.61. The van der Waals surface area contributed by atoms with Crippen molar-refractivity contribution < 1.29 is 13.1 Å². The lowest BCUT2D eigenvalue weighted by molar-refractivity contribution is 0.207. The van der Waals surface area contributed by atoms with Crippen LogP contribution in [0.5, 0.6) is 0 Å². The van der Waals surface area contributed by atoms with E-state index in [-0.39, 0.29) is 12.2 Å². The van der Waals surface area contributed by atoms with Crippen molar-refractivity contribution in [2.75, 3.05) is 11.9 Å². The number of hydrogen-bond donors (Lipinski definition) is 0. The van der Waals surface area contributed by atoms with Crippen LogP contribution in [0.4, 0.5) is 0 Å². The van der Waals surface area contributed by atoms with Gasteiger partial charge < -0.3 is 13.1 Å². The van der Waals surface area contributed by atoms with Gasteiger partial charge in [-0.1, -0.05) is 0 Å². The Morgan fingerprint density at radius 3 is 1.54 bits per heavy atom. The second kappa shape index (κ2) is 9.15. The lowest BCUT2D eigenvalue weighted by Crippen LogP contribution is -1.99. The molecule has 0 aromatic carbocycles. The molecular formula is C8H18O3S2. The molecule has 0 bridgehead atoms. The molecule has 0 aliphatic rings. The maximum absolute atomic E-state index is 5.21. The standard InChI is InChI=1S/C8H18O3S2/c1-7(2)10-12-5-9-6-13-11-8(3)4/h7-8H,5-6H2,1-4H3. The smallest absolute Gasteiger partial charge is 0.119 e. The fourth-order valence-electron chi connectivity index (χ4n) is 0.430. The molecule has 0 saturated heterocycles. The van der Waals surface area contributed by atoms with Crippen LogP contribution in [0.1, 0.15) is 27.7 Å². The van der Waals surface area contributed by atoms with Gasteiger partial charge in [-0.15, -0.1) is 0 Å². The molecule has 0 aromatic rings. The summed E-state index contributed by atoms with van der Waals surface area (Å²) in [5, 5.41) is 0. The molecule has 0 spiro atoms. The van der Waals surface area contributed by atoms with Crippen LogP contribution in [-0.4, -0.2) is 24.1 Å². The molecule has 0 aromatic heterocycles. The van der Waals surface area contributed by atoms with Crippen molar-refractivity contribution in [3.8, 4) is 0 Å². The largest absolute Gasteiger partial charge is 0.356 e. The highest BCUT2D eigenvalue weighted by molar-refractivity contribution is 7.95. The summed E-state index contributed by atoms with van der Waals surface area (Å²) in [6.45, 7) is 7.96. The van der Waals surface area contributed by atoms with Crippen LogP contribution >= 0.6 is 24.1 Å².